The summed E-state index contributed by atoms with van der Waals surface area (Å²) < 4.78 is 0. The molecule has 1 aromatic carbocycles. The van der Waals surface area contributed by atoms with Gasteiger partial charge in [-0.05, 0) is 33.3 Å². The minimum absolute atomic E-state index is 0.321. The van der Waals surface area contributed by atoms with Crippen LogP contribution in [0.3, 0.4) is 0 Å². The highest BCUT2D eigenvalue weighted by molar-refractivity contribution is 5.48. The van der Waals surface area contributed by atoms with E-state index in [9.17, 15) is 0 Å². The third-order valence-corrected chi connectivity index (χ3v) is 4.09. The van der Waals surface area contributed by atoms with Gasteiger partial charge in [0.1, 0.15) is 5.69 Å². The average molecular weight is 204 g/mol. The summed E-state index contributed by atoms with van der Waals surface area (Å²) in [5, 5.41) is 0. The second kappa shape index (κ2) is 3.64. The fourth-order valence-corrected chi connectivity index (χ4v) is 2.85. The number of quaternary nitrogens is 1. The fraction of sp³-hybridized carbons (Fsp3) is 0.571. The molecule has 0 saturated heterocycles. The second-order valence-corrected chi connectivity index (χ2v) is 5.26. The van der Waals surface area contributed by atoms with Gasteiger partial charge in [-0.15, -0.1) is 0 Å². The minimum atomic E-state index is 0.321. The lowest BCUT2D eigenvalue weighted by Gasteiger charge is -2.26. The van der Waals surface area contributed by atoms with Crippen LogP contribution < -0.4 is 4.90 Å². The molecule has 0 aromatic heterocycles. The van der Waals surface area contributed by atoms with Crippen molar-refractivity contribution in [3.63, 3.8) is 0 Å². The van der Waals surface area contributed by atoms with Crippen molar-refractivity contribution < 1.29 is 4.90 Å². The highest BCUT2D eigenvalue weighted by Crippen LogP contribution is 2.35. The second-order valence-electron chi connectivity index (χ2n) is 5.26. The first kappa shape index (κ1) is 10.7. The standard InChI is InChI=1S/C14H21N/c1-5-10-15-11(2)14(3,4)12-8-6-7-9-13(12)15/h6-9,11H,5,10H2,1-4H3/p+1. The Bertz CT molecular complexity index is 354. The number of benzene rings is 1. The predicted molar refractivity (Wildman–Crippen MR) is 64.7 cm³/mol. The van der Waals surface area contributed by atoms with Crippen LogP contribution in [0.15, 0.2) is 24.3 Å². The highest BCUT2D eigenvalue weighted by Gasteiger charge is 2.45. The molecule has 1 nitrogen and oxygen atoms in total. The van der Waals surface area contributed by atoms with Crippen LogP contribution >= 0.6 is 0 Å². The zero-order chi connectivity index (χ0) is 11.1. The Kier molecular flexibility index (Phi) is 2.59. The molecule has 2 unspecified atom stereocenters. The van der Waals surface area contributed by atoms with E-state index in [0.29, 0.717) is 11.5 Å². The molecule has 15 heavy (non-hydrogen) atoms. The number of fused-ring (bicyclic) bond motifs is 1. The van der Waals surface area contributed by atoms with Crippen molar-refractivity contribution in [2.45, 2.75) is 45.6 Å². The van der Waals surface area contributed by atoms with Crippen molar-refractivity contribution in [1.82, 2.24) is 0 Å². The molecule has 1 heteroatoms. The van der Waals surface area contributed by atoms with Gasteiger partial charge < -0.3 is 0 Å². The Labute approximate surface area is 93.1 Å². The van der Waals surface area contributed by atoms with Crippen LogP contribution in [0.5, 0.6) is 0 Å². The van der Waals surface area contributed by atoms with Gasteiger partial charge in [0.05, 0.1) is 12.6 Å². The first-order valence-electron chi connectivity index (χ1n) is 6.04. The summed E-state index contributed by atoms with van der Waals surface area (Å²) >= 11 is 0. The van der Waals surface area contributed by atoms with E-state index in [1.807, 2.05) is 0 Å². The summed E-state index contributed by atoms with van der Waals surface area (Å²) in [6.45, 7) is 10.7. The van der Waals surface area contributed by atoms with Gasteiger partial charge in [-0.3, -0.25) is 4.90 Å². The summed E-state index contributed by atoms with van der Waals surface area (Å²) in [5.41, 5.74) is 3.39. The van der Waals surface area contributed by atoms with E-state index in [1.165, 1.54) is 18.7 Å². The number of rotatable bonds is 2. The molecule has 0 fully saturated rings. The Morgan fingerprint density at radius 3 is 2.60 bits per heavy atom. The van der Waals surface area contributed by atoms with Crippen molar-refractivity contribution in [2.75, 3.05) is 6.54 Å². The molecular formula is C14H22N+. The van der Waals surface area contributed by atoms with E-state index in [4.69, 9.17) is 0 Å². The van der Waals surface area contributed by atoms with Crippen LogP contribution in [0.1, 0.15) is 39.7 Å². The number of hydrogen-bond acceptors (Lipinski definition) is 0. The first-order chi connectivity index (χ1) is 7.09. The topological polar surface area (TPSA) is 4.44 Å². The maximum Gasteiger partial charge on any atom is 0.135 e. The molecule has 2 atom stereocenters. The maximum atomic E-state index is 2.38. The lowest BCUT2D eigenvalue weighted by atomic mass is 9.81. The Balaban J connectivity index is 2.47. The van der Waals surface area contributed by atoms with Crippen molar-refractivity contribution >= 4 is 5.69 Å². The van der Waals surface area contributed by atoms with Gasteiger partial charge in [-0.25, -0.2) is 0 Å². The number of nitrogens with one attached hydrogen (secondary N) is 1. The van der Waals surface area contributed by atoms with E-state index in [1.54, 1.807) is 10.5 Å². The van der Waals surface area contributed by atoms with Crippen LogP contribution in [0.4, 0.5) is 5.69 Å². The molecule has 0 saturated carbocycles. The van der Waals surface area contributed by atoms with Gasteiger partial charge in [0.2, 0.25) is 0 Å². The van der Waals surface area contributed by atoms with Gasteiger partial charge in [0, 0.05) is 11.0 Å². The SMILES string of the molecule is CCC[NH+]1c2ccccc2C(C)(C)C1C. The third kappa shape index (κ3) is 1.50. The number of para-hydroxylation sites is 1. The van der Waals surface area contributed by atoms with Crippen molar-refractivity contribution in [2.24, 2.45) is 0 Å². The Morgan fingerprint density at radius 2 is 1.93 bits per heavy atom. The van der Waals surface area contributed by atoms with Gasteiger partial charge in [-0.1, -0.05) is 25.1 Å². The van der Waals surface area contributed by atoms with Crippen molar-refractivity contribution in [3.05, 3.63) is 29.8 Å². The largest absolute Gasteiger partial charge is 0.299 e. The fourth-order valence-electron chi connectivity index (χ4n) is 2.85. The molecule has 1 N–H and O–H groups in total. The summed E-state index contributed by atoms with van der Waals surface area (Å²) in [6, 6.07) is 9.63. The van der Waals surface area contributed by atoms with Crippen LogP contribution in [0.25, 0.3) is 0 Å². The first-order valence-corrected chi connectivity index (χ1v) is 6.04. The van der Waals surface area contributed by atoms with Crippen LogP contribution in [0, 0.1) is 0 Å². The van der Waals surface area contributed by atoms with E-state index in [-0.39, 0.29) is 0 Å². The smallest absolute Gasteiger partial charge is 0.135 e. The third-order valence-electron chi connectivity index (χ3n) is 4.09. The zero-order valence-corrected chi connectivity index (χ0v) is 10.3. The molecule has 1 aliphatic rings. The molecule has 82 valence electrons. The van der Waals surface area contributed by atoms with Gasteiger partial charge >= 0.3 is 0 Å². The maximum absolute atomic E-state index is 2.38. The lowest BCUT2D eigenvalue weighted by molar-refractivity contribution is -0.855. The van der Waals surface area contributed by atoms with Gasteiger partial charge in [-0.2, -0.15) is 0 Å². The molecule has 1 heterocycles. The molecule has 0 bridgehead atoms. The predicted octanol–water partition coefficient (Wildman–Crippen LogP) is 2.29. The molecule has 0 amide bonds. The normalized spacial score (nSPS) is 27.7. The summed E-state index contributed by atoms with van der Waals surface area (Å²) in [7, 11) is 0. The van der Waals surface area contributed by atoms with Crippen LogP contribution in [-0.4, -0.2) is 12.6 Å². The lowest BCUT2D eigenvalue weighted by Crippen LogP contribution is -3.10. The van der Waals surface area contributed by atoms with Crippen molar-refractivity contribution in [1.29, 1.82) is 0 Å². The average Bonchev–Trinajstić information content (AvgIpc) is 2.42. The van der Waals surface area contributed by atoms with E-state index < -0.39 is 0 Å². The zero-order valence-electron chi connectivity index (χ0n) is 10.3. The molecule has 2 rings (SSSR count). The monoisotopic (exact) mass is 204 g/mol. The van der Waals surface area contributed by atoms with E-state index >= 15 is 0 Å². The molecular weight excluding hydrogens is 182 g/mol. The van der Waals surface area contributed by atoms with Gasteiger partial charge in [0.25, 0.3) is 0 Å². The van der Waals surface area contributed by atoms with Gasteiger partial charge in [0.15, 0.2) is 0 Å². The Morgan fingerprint density at radius 1 is 1.27 bits per heavy atom. The summed E-state index contributed by atoms with van der Waals surface area (Å²) in [4.78, 5) is 1.66. The molecule has 0 radical (unpaired) electrons. The molecule has 0 aliphatic carbocycles. The van der Waals surface area contributed by atoms with Crippen LogP contribution in [0.2, 0.25) is 0 Å². The Hall–Kier alpha value is -0.820. The van der Waals surface area contributed by atoms with Crippen molar-refractivity contribution in [3.8, 4) is 0 Å². The highest BCUT2D eigenvalue weighted by atomic mass is 15.2. The molecule has 0 spiro atoms. The number of hydrogen-bond donors (Lipinski definition) is 1. The van der Waals surface area contributed by atoms with E-state index in [2.05, 4.69) is 52.0 Å². The minimum Gasteiger partial charge on any atom is -0.299 e. The van der Waals surface area contributed by atoms with E-state index in [0.717, 1.165) is 0 Å². The summed E-state index contributed by atoms with van der Waals surface area (Å²) in [6.07, 6.45) is 1.25. The molecule has 1 aliphatic heterocycles. The van der Waals surface area contributed by atoms with Crippen LogP contribution in [-0.2, 0) is 5.41 Å². The quantitative estimate of drug-likeness (QED) is 0.754. The summed E-state index contributed by atoms with van der Waals surface area (Å²) in [5.74, 6) is 0. The molecule has 1 aromatic rings.